The molecule has 0 radical (unpaired) electrons. The summed E-state index contributed by atoms with van der Waals surface area (Å²) < 4.78 is 39.9. The highest BCUT2D eigenvalue weighted by Gasteiger charge is 2.38. The topological polar surface area (TPSA) is 66.6 Å². The number of nitrogens with zero attached hydrogens (tertiary/aromatic N) is 6. The Morgan fingerprint density at radius 2 is 1.82 bits per heavy atom. The first-order valence-corrected chi connectivity index (χ1v) is 9.69. The van der Waals surface area contributed by atoms with E-state index in [0.717, 1.165) is 23.9 Å². The van der Waals surface area contributed by atoms with Crippen LogP contribution in [0.2, 0.25) is 0 Å². The largest absolute Gasteiger partial charge is 0.453 e. The molecule has 1 amide bonds. The zero-order chi connectivity index (χ0) is 19.9. The van der Waals surface area contributed by atoms with Crippen LogP contribution >= 0.6 is 0 Å². The predicted octanol–water partition coefficient (Wildman–Crippen LogP) is 2.76. The number of alkyl halides is 3. The van der Waals surface area contributed by atoms with Gasteiger partial charge in [-0.3, -0.25) is 4.79 Å². The van der Waals surface area contributed by atoms with Gasteiger partial charge in [0.15, 0.2) is 5.65 Å². The van der Waals surface area contributed by atoms with E-state index in [1.54, 1.807) is 6.07 Å². The molecular formula is C18H23F3N6O. The van der Waals surface area contributed by atoms with Crippen molar-refractivity contribution in [2.45, 2.75) is 51.2 Å². The van der Waals surface area contributed by atoms with Crippen LogP contribution in [0.1, 0.15) is 44.9 Å². The van der Waals surface area contributed by atoms with E-state index in [4.69, 9.17) is 0 Å². The Labute approximate surface area is 160 Å². The highest BCUT2D eigenvalue weighted by molar-refractivity contribution is 5.79. The smallest absolute Gasteiger partial charge is 0.355 e. The maximum absolute atomic E-state index is 13.1. The van der Waals surface area contributed by atoms with Crippen LogP contribution in [0.4, 0.5) is 19.0 Å². The average molecular weight is 396 g/mol. The Kier molecular flexibility index (Phi) is 4.88. The van der Waals surface area contributed by atoms with Crippen LogP contribution in [0.5, 0.6) is 0 Å². The molecular weight excluding hydrogens is 373 g/mol. The van der Waals surface area contributed by atoms with Gasteiger partial charge < -0.3 is 9.80 Å². The maximum atomic E-state index is 13.1. The quantitative estimate of drug-likeness (QED) is 0.781. The number of amides is 1. The molecule has 0 N–H and O–H groups in total. The van der Waals surface area contributed by atoms with Crippen molar-refractivity contribution in [2.24, 2.45) is 5.92 Å². The van der Waals surface area contributed by atoms with Crippen LogP contribution in [0, 0.1) is 5.92 Å². The van der Waals surface area contributed by atoms with Gasteiger partial charge >= 0.3 is 6.18 Å². The number of likely N-dealkylation sites (tertiary alicyclic amines) is 1. The highest BCUT2D eigenvalue weighted by atomic mass is 19.4. The summed E-state index contributed by atoms with van der Waals surface area (Å²) in [6.45, 7) is 4.09. The molecule has 28 heavy (non-hydrogen) atoms. The lowest BCUT2D eigenvalue weighted by atomic mass is 9.93. The number of carbonyl (C=O) groups is 1. The molecule has 0 aliphatic carbocycles. The summed E-state index contributed by atoms with van der Waals surface area (Å²) in [5, 5.41) is 10.8. The number of fused-ring (bicyclic) bond motifs is 1. The summed E-state index contributed by atoms with van der Waals surface area (Å²) in [6, 6.07) is 3.42. The third-order valence-corrected chi connectivity index (χ3v) is 5.76. The molecule has 4 heterocycles. The Morgan fingerprint density at radius 3 is 2.50 bits per heavy atom. The molecule has 0 bridgehead atoms. The van der Waals surface area contributed by atoms with E-state index >= 15 is 0 Å². The number of rotatable bonds is 2. The lowest BCUT2D eigenvalue weighted by Gasteiger charge is -2.39. The van der Waals surface area contributed by atoms with Crippen LogP contribution < -0.4 is 4.90 Å². The second-order valence-corrected chi connectivity index (χ2v) is 7.62. The summed E-state index contributed by atoms with van der Waals surface area (Å²) in [5.41, 5.74) is 0.0558. The first-order chi connectivity index (χ1) is 13.3. The lowest BCUT2D eigenvalue weighted by molar-refractivity contribution is -0.146. The Morgan fingerprint density at radius 1 is 1.07 bits per heavy atom. The van der Waals surface area contributed by atoms with E-state index in [1.807, 2.05) is 9.80 Å². The van der Waals surface area contributed by atoms with Gasteiger partial charge in [0.1, 0.15) is 5.82 Å². The fourth-order valence-corrected chi connectivity index (χ4v) is 4.14. The molecule has 10 heteroatoms. The van der Waals surface area contributed by atoms with Gasteiger partial charge in [0, 0.05) is 31.6 Å². The standard InChI is InChI=1S/C18H23F3N6O/c1-12-4-2-3-9-26(12)16(28)13-7-10-25(11-8-13)15-6-5-14-22-23-17(18(19,20)21)27(14)24-15/h5-6,12-13H,2-4,7-11H2,1H3/t12-/m1/s1. The summed E-state index contributed by atoms with van der Waals surface area (Å²) in [6.07, 6.45) is 0.0106. The molecule has 0 saturated carbocycles. The number of hydrogen-bond donors (Lipinski definition) is 0. The van der Waals surface area contributed by atoms with E-state index < -0.39 is 12.0 Å². The third kappa shape index (κ3) is 3.51. The Bertz CT molecular complexity index is 859. The zero-order valence-electron chi connectivity index (χ0n) is 15.7. The van der Waals surface area contributed by atoms with Gasteiger partial charge in [-0.2, -0.15) is 17.7 Å². The SMILES string of the molecule is C[C@@H]1CCCCN1C(=O)C1CCN(c2ccc3nnc(C(F)(F)F)n3n2)CC1. The number of hydrogen-bond acceptors (Lipinski definition) is 5. The van der Waals surface area contributed by atoms with Gasteiger partial charge in [-0.25, -0.2) is 0 Å². The normalized spacial score (nSPS) is 22.1. The highest BCUT2D eigenvalue weighted by Crippen LogP contribution is 2.29. The van der Waals surface area contributed by atoms with Crippen molar-refractivity contribution < 1.29 is 18.0 Å². The Balaban J connectivity index is 1.45. The molecule has 1 atom stereocenters. The molecule has 2 aromatic rings. The van der Waals surface area contributed by atoms with Gasteiger partial charge in [0.05, 0.1) is 0 Å². The van der Waals surface area contributed by atoms with Crippen LogP contribution in [-0.2, 0) is 11.0 Å². The molecule has 4 rings (SSSR count). The number of halogens is 3. The van der Waals surface area contributed by atoms with E-state index in [0.29, 0.717) is 31.7 Å². The van der Waals surface area contributed by atoms with Crippen molar-refractivity contribution in [3.05, 3.63) is 18.0 Å². The van der Waals surface area contributed by atoms with Crippen molar-refractivity contribution in [3.63, 3.8) is 0 Å². The summed E-state index contributed by atoms with van der Waals surface area (Å²) in [4.78, 5) is 16.8. The summed E-state index contributed by atoms with van der Waals surface area (Å²) in [7, 11) is 0. The van der Waals surface area contributed by atoms with E-state index in [2.05, 4.69) is 22.2 Å². The number of carbonyl (C=O) groups excluding carboxylic acids is 1. The van der Waals surface area contributed by atoms with Gasteiger partial charge in [-0.15, -0.1) is 15.3 Å². The minimum Gasteiger partial charge on any atom is -0.355 e. The van der Waals surface area contributed by atoms with Crippen LogP contribution in [0.3, 0.4) is 0 Å². The molecule has 2 saturated heterocycles. The molecule has 0 spiro atoms. The molecule has 152 valence electrons. The maximum Gasteiger partial charge on any atom is 0.453 e. The van der Waals surface area contributed by atoms with Crippen molar-refractivity contribution in [1.82, 2.24) is 24.7 Å². The van der Waals surface area contributed by atoms with E-state index in [9.17, 15) is 18.0 Å². The zero-order valence-corrected chi connectivity index (χ0v) is 15.7. The van der Waals surface area contributed by atoms with Crippen molar-refractivity contribution >= 4 is 17.4 Å². The fraction of sp³-hybridized carbons (Fsp3) is 0.667. The first kappa shape index (κ1) is 18.9. The molecule has 2 fully saturated rings. The minimum absolute atomic E-state index is 0.0267. The van der Waals surface area contributed by atoms with Gasteiger partial charge in [0.25, 0.3) is 5.82 Å². The van der Waals surface area contributed by atoms with Crippen LogP contribution in [-0.4, -0.2) is 56.3 Å². The Hall–Kier alpha value is -2.39. The second-order valence-electron chi connectivity index (χ2n) is 7.62. The van der Waals surface area contributed by atoms with Crippen molar-refractivity contribution in [2.75, 3.05) is 24.5 Å². The molecule has 2 aliphatic heterocycles. The number of aromatic nitrogens is 4. The molecule has 0 unspecified atom stereocenters. The minimum atomic E-state index is -4.62. The van der Waals surface area contributed by atoms with Gasteiger partial charge in [0.2, 0.25) is 5.91 Å². The average Bonchev–Trinajstić information content (AvgIpc) is 3.12. The number of piperidine rings is 2. The first-order valence-electron chi connectivity index (χ1n) is 9.69. The van der Waals surface area contributed by atoms with Gasteiger partial charge in [-0.05, 0) is 51.2 Å². The second kappa shape index (κ2) is 7.21. The van der Waals surface area contributed by atoms with E-state index in [-0.39, 0.29) is 23.5 Å². The molecule has 2 aliphatic rings. The van der Waals surface area contributed by atoms with Crippen molar-refractivity contribution in [1.29, 1.82) is 0 Å². The molecule has 0 aromatic carbocycles. The van der Waals surface area contributed by atoms with E-state index in [1.165, 1.54) is 12.5 Å². The predicted molar refractivity (Wildman–Crippen MR) is 95.7 cm³/mol. The third-order valence-electron chi connectivity index (χ3n) is 5.76. The van der Waals surface area contributed by atoms with Gasteiger partial charge in [-0.1, -0.05) is 0 Å². The summed E-state index contributed by atoms with van der Waals surface area (Å²) >= 11 is 0. The lowest BCUT2D eigenvalue weighted by Crippen LogP contribution is -2.48. The summed E-state index contributed by atoms with van der Waals surface area (Å²) in [5.74, 6) is -0.502. The monoisotopic (exact) mass is 396 g/mol. The fourth-order valence-electron chi connectivity index (χ4n) is 4.14. The molecule has 2 aromatic heterocycles. The number of anilines is 1. The van der Waals surface area contributed by atoms with Crippen molar-refractivity contribution in [3.8, 4) is 0 Å². The van der Waals surface area contributed by atoms with Crippen LogP contribution in [0.25, 0.3) is 5.65 Å². The molecule has 7 nitrogen and oxygen atoms in total. The van der Waals surface area contributed by atoms with Crippen LogP contribution in [0.15, 0.2) is 12.1 Å².